The highest BCUT2D eigenvalue weighted by Gasteiger charge is 2.14. The SMILES string of the molecule is CC(C)(C)OC(=O)NCC=CCC(=O)O. The van der Waals surface area contributed by atoms with Gasteiger partial charge in [-0.25, -0.2) is 4.79 Å². The fourth-order valence-electron chi connectivity index (χ4n) is 0.724. The van der Waals surface area contributed by atoms with Crippen LogP contribution in [0.1, 0.15) is 27.2 Å². The second kappa shape index (κ2) is 6.06. The zero-order valence-corrected chi connectivity index (χ0v) is 9.24. The summed E-state index contributed by atoms with van der Waals surface area (Å²) in [7, 11) is 0. The van der Waals surface area contributed by atoms with E-state index in [0.717, 1.165) is 0 Å². The fourth-order valence-corrected chi connectivity index (χ4v) is 0.724. The first-order chi connectivity index (χ1) is 6.81. The van der Waals surface area contributed by atoms with E-state index in [0.29, 0.717) is 0 Å². The highest BCUT2D eigenvalue weighted by molar-refractivity contribution is 5.69. The molecule has 0 aromatic carbocycles. The first kappa shape index (κ1) is 13.5. The normalized spacial score (nSPS) is 11.4. The van der Waals surface area contributed by atoms with E-state index in [1.807, 2.05) is 0 Å². The van der Waals surface area contributed by atoms with Crippen LogP contribution in [0.25, 0.3) is 0 Å². The minimum Gasteiger partial charge on any atom is -0.481 e. The summed E-state index contributed by atoms with van der Waals surface area (Å²) in [6.07, 6.45) is 2.48. The van der Waals surface area contributed by atoms with Crippen LogP contribution in [0.4, 0.5) is 4.79 Å². The van der Waals surface area contributed by atoms with Gasteiger partial charge in [0.2, 0.25) is 0 Å². The fraction of sp³-hybridized carbons (Fsp3) is 0.600. The lowest BCUT2D eigenvalue weighted by molar-refractivity contribution is -0.136. The number of hydrogen-bond acceptors (Lipinski definition) is 3. The Labute approximate surface area is 89.1 Å². The molecule has 0 spiro atoms. The van der Waals surface area contributed by atoms with Crippen molar-refractivity contribution >= 4 is 12.1 Å². The van der Waals surface area contributed by atoms with Gasteiger partial charge in [0.05, 0.1) is 6.42 Å². The number of aliphatic carboxylic acids is 1. The summed E-state index contributed by atoms with van der Waals surface area (Å²) in [5.74, 6) is -0.900. The van der Waals surface area contributed by atoms with Gasteiger partial charge in [0.25, 0.3) is 0 Å². The van der Waals surface area contributed by atoms with Crippen LogP contribution in [-0.4, -0.2) is 29.3 Å². The zero-order chi connectivity index (χ0) is 11.9. The first-order valence-electron chi connectivity index (χ1n) is 4.65. The van der Waals surface area contributed by atoms with Crippen LogP contribution in [0, 0.1) is 0 Å². The average molecular weight is 215 g/mol. The molecule has 0 rings (SSSR count). The molecule has 0 fully saturated rings. The number of alkyl carbamates (subject to hydrolysis) is 1. The standard InChI is InChI=1S/C10H17NO4/c1-10(2,3)15-9(14)11-7-5-4-6-8(12)13/h4-5H,6-7H2,1-3H3,(H,11,14)(H,12,13). The van der Waals surface area contributed by atoms with Crippen molar-refractivity contribution in [3.8, 4) is 0 Å². The molecule has 0 unspecified atom stereocenters. The smallest absolute Gasteiger partial charge is 0.407 e. The Morgan fingerprint density at radius 3 is 2.40 bits per heavy atom. The number of carbonyl (C=O) groups is 2. The maximum atomic E-state index is 11.1. The predicted molar refractivity (Wildman–Crippen MR) is 55.6 cm³/mol. The number of hydrogen-bond donors (Lipinski definition) is 2. The summed E-state index contributed by atoms with van der Waals surface area (Å²) in [4.78, 5) is 21.2. The molecule has 1 amide bonds. The maximum absolute atomic E-state index is 11.1. The lowest BCUT2D eigenvalue weighted by Crippen LogP contribution is -2.32. The lowest BCUT2D eigenvalue weighted by Gasteiger charge is -2.19. The summed E-state index contributed by atoms with van der Waals surface area (Å²) in [5, 5.41) is 10.8. The molecule has 5 heteroatoms. The van der Waals surface area contributed by atoms with Gasteiger partial charge in [-0.05, 0) is 20.8 Å². The van der Waals surface area contributed by atoms with Crippen molar-refractivity contribution in [2.24, 2.45) is 0 Å². The number of carbonyl (C=O) groups excluding carboxylic acids is 1. The Morgan fingerprint density at radius 1 is 1.33 bits per heavy atom. The lowest BCUT2D eigenvalue weighted by atomic mass is 10.2. The van der Waals surface area contributed by atoms with Crippen molar-refractivity contribution in [2.75, 3.05) is 6.54 Å². The molecule has 0 bridgehead atoms. The van der Waals surface area contributed by atoms with E-state index in [9.17, 15) is 9.59 Å². The van der Waals surface area contributed by atoms with Crippen LogP contribution in [0.15, 0.2) is 12.2 Å². The van der Waals surface area contributed by atoms with Crippen molar-refractivity contribution in [3.63, 3.8) is 0 Å². The maximum Gasteiger partial charge on any atom is 0.407 e. The average Bonchev–Trinajstić information content (AvgIpc) is 1.99. The predicted octanol–water partition coefficient (Wildman–Crippen LogP) is 1.54. The number of carboxylic acid groups (broad SMARTS) is 1. The Bertz CT molecular complexity index is 253. The van der Waals surface area contributed by atoms with Crippen LogP contribution in [0.5, 0.6) is 0 Å². The van der Waals surface area contributed by atoms with Gasteiger partial charge in [-0.3, -0.25) is 4.79 Å². The van der Waals surface area contributed by atoms with Crippen molar-refractivity contribution in [2.45, 2.75) is 32.8 Å². The minimum absolute atomic E-state index is 0.0456. The Hall–Kier alpha value is -1.52. The largest absolute Gasteiger partial charge is 0.481 e. The van der Waals surface area contributed by atoms with Gasteiger partial charge in [-0.1, -0.05) is 12.2 Å². The number of ether oxygens (including phenoxy) is 1. The van der Waals surface area contributed by atoms with Crippen LogP contribution in [0.3, 0.4) is 0 Å². The van der Waals surface area contributed by atoms with E-state index in [1.165, 1.54) is 6.08 Å². The molecule has 86 valence electrons. The van der Waals surface area contributed by atoms with E-state index in [1.54, 1.807) is 26.8 Å². The van der Waals surface area contributed by atoms with Gasteiger partial charge in [-0.2, -0.15) is 0 Å². The summed E-state index contributed by atoms with van der Waals surface area (Å²) < 4.78 is 4.97. The summed E-state index contributed by atoms with van der Waals surface area (Å²) in [6, 6.07) is 0. The zero-order valence-electron chi connectivity index (χ0n) is 9.24. The van der Waals surface area contributed by atoms with E-state index < -0.39 is 17.7 Å². The van der Waals surface area contributed by atoms with Crippen LogP contribution < -0.4 is 5.32 Å². The van der Waals surface area contributed by atoms with Gasteiger partial charge in [-0.15, -0.1) is 0 Å². The topological polar surface area (TPSA) is 75.6 Å². The molecule has 0 saturated heterocycles. The third-order valence-corrected chi connectivity index (χ3v) is 1.22. The summed E-state index contributed by atoms with van der Waals surface area (Å²) in [5.41, 5.74) is -0.519. The molecule has 0 atom stereocenters. The second-order valence-corrected chi connectivity index (χ2v) is 3.95. The number of carboxylic acids is 1. The number of rotatable bonds is 4. The minimum atomic E-state index is -0.900. The highest BCUT2D eigenvalue weighted by atomic mass is 16.6. The van der Waals surface area contributed by atoms with Crippen LogP contribution in [0.2, 0.25) is 0 Å². The van der Waals surface area contributed by atoms with Gasteiger partial charge < -0.3 is 15.2 Å². The third kappa shape index (κ3) is 10.4. The van der Waals surface area contributed by atoms with Gasteiger partial charge in [0, 0.05) is 6.54 Å². The monoisotopic (exact) mass is 215 g/mol. The van der Waals surface area contributed by atoms with Crippen molar-refractivity contribution in [3.05, 3.63) is 12.2 Å². The highest BCUT2D eigenvalue weighted by Crippen LogP contribution is 2.05. The first-order valence-corrected chi connectivity index (χ1v) is 4.65. The van der Waals surface area contributed by atoms with Gasteiger partial charge in [0.15, 0.2) is 0 Å². The molecule has 5 nitrogen and oxygen atoms in total. The molecule has 0 aliphatic rings. The molecule has 0 radical (unpaired) electrons. The quantitative estimate of drug-likeness (QED) is 0.697. The van der Waals surface area contributed by atoms with E-state index in [4.69, 9.17) is 9.84 Å². The van der Waals surface area contributed by atoms with Crippen LogP contribution in [-0.2, 0) is 9.53 Å². The van der Waals surface area contributed by atoms with E-state index in [2.05, 4.69) is 5.32 Å². The van der Waals surface area contributed by atoms with Crippen molar-refractivity contribution in [1.29, 1.82) is 0 Å². The van der Waals surface area contributed by atoms with Crippen molar-refractivity contribution in [1.82, 2.24) is 5.32 Å². The molecule has 2 N–H and O–H groups in total. The molecule has 0 aromatic rings. The van der Waals surface area contributed by atoms with E-state index >= 15 is 0 Å². The Balaban J connectivity index is 3.64. The molecular formula is C10H17NO4. The molecule has 15 heavy (non-hydrogen) atoms. The molecule has 0 heterocycles. The molecule has 0 aliphatic carbocycles. The van der Waals surface area contributed by atoms with Gasteiger partial charge in [0.1, 0.15) is 5.60 Å². The molecule has 0 aromatic heterocycles. The summed E-state index contributed by atoms with van der Waals surface area (Å²) in [6.45, 7) is 5.58. The second-order valence-electron chi connectivity index (χ2n) is 3.95. The molecule has 0 saturated carbocycles. The number of nitrogens with one attached hydrogen (secondary N) is 1. The van der Waals surface area contributed by atoms with Gasteiger partial charge >= 0.3 is 12.1 Å². The Kier molecular flexibility index (Phi) is 5.44. The molecule has 0 aliphatic heterocycles. The van der Waals surface area contributed by atoms with E-state index in [-0.39, 0.29) is 13.0 Å². The number of amides is 1. The van der Waals surface area contributed by atoms with Crippen LogP contribution >= 0.6 is 0 Å². The van der Waals surface area contributed by atoms with Crippen molar-refractivity contribution < 1.29 is 19.4 Å². The Morgan fingerprint density at radius 2 is 1.93 bits per heavy atom. The third-order valence-electron chi connectivity index (χ3n) is 1.22. The summed E-state index contributed by atoms with van der Waals surface area (Å²) >= 11 is 0. The molecular weight excluding hydrogens is 198 g/mol.